The lowest BCUT2D eigenvalue weighted by atomic mass is 10.1. The Morgan fingerprint density at radius 3 is 2.68 bits per heavy atom. The van der Waals surface area contributed by atoms with E-state index >= 15 is 0 Å². The molecule has 0 aliphatic carbocycles. The molecule has 1 aliphatic heterocycles. The Morgan fingerprint density at radius 1 is 1.26 bits per heavy atom. The van der Waals surface area contributed by atoms with Gasteiger partial charge < -0.3 is 9.47 Å². The summed E-state index contributed by atoms with van der Waals surface area (Å²) in [6.07, 6.45) is 5.64. The van der Waals surface area contributed by atoms with Crippen molar-refractivity contribution in [2.45, 2.75) is 64.4 Å². The first kappa shape index (κ1) is 14.5. The van der Waals surface area contributed by atoms with Crippen molar-refractivity contribution >= 4 is 0 Å². The Balaban J connectivity index is 1.65. The first-order chi connectivity index (χ1) is 9.20. The van der Waals surface area contributed by atoms with Crippen LogP contribution in [0.4, 0.5) is 4.39 Å². The highest BCUT2D eigenvalue weighted by Crippen LogP contribution is 2.31. The third-order valence-corrected chi connectivity index (χ3v) is 3.60. The summed E-state index contributed by atoms with van der Waals surface area (Å²) in [7, 11) is 0. The summed E-state index contributed by atoms with van der Waals surface area (Å²) >= 11 is 0. The molecule has 1 heterocycles. The topological polar surface area (TPSA) is 21.8 Å². The molecule has 0 saturated carbocycles. The molecular formula is C16H23FO2. The maximum absolute atomic E-state index is 12.8. The second kappa shape index (κ2) is 7.01. The summed E-state index contributed by atoms with van der Waals surface area (Å²) in [5.74, 6) is -0.210. The zero-order valence-corrected chi connectivity index (χ0v) is 11.8. The Hall–Kier alpha value is -0.930. The fraction of sp³-hybridized carbons (Fsp3) is 0.625. The van der Waals surface area contributed by atoms with E-state index in [2.05, 4.69) is 6.92 Å². The SMILES string of the molecule is CCCCC[C@@H]1O[C@H]1[C@H](C)OCc1ccc(F)cc1. The van der Waals surface area contributed by atoms with Gasteiger partial charge in [-0.3, -0.25) is 0 Å². The molecule has 3 atom stereocenters. The van der Waals surface area contributed by atoms with Gasteiger partial charge in [-0.2, -0.15) is 0 Å². The minimum atomic E-state index is -0.210. The zero-order valence-electron chi connectivity index (χ0n) is 11.8. The maximum Gasteiger partial charge on any atom is 0.123 e. The quantitative estimate of drug-likeness (QED) is 0.522. The van der Waals surface area contributed by atoms with Crippen molar-refractivity contribution in [3.8, 4) is 0 Å². The highest BCUT2D eigenvalue weighted by atomic mass is 19.1. The highest BCUT2D eigenvalue weighted by molar-refractivity contribution is 5.15. The van der Waals surface area contributed by atoms with E-state index in [1.807, 2.05) is 6.92 Å². The van der Waals surface area contributed by atoms with E-state index < -0.39 is 0 Å². The summed E-state index contributed by atoms with van der Waals surface area (Å²) in [6.45, 7) is 4.77. The van der Waals surface area contributed by atoms with Crippen LogP contribution >= 0.6 is 0 Å². The standard InChI is InChI=1S/C16H23FO2/c1-3-4-5-6-15-16(19-15)12(2)18-11-13-7-9-14(17)10-8-13/h7-10,12,15-16H,3-6,11H2,1-2H3/t12-,15-,16-/m0/s1. The molecule has 3 heteroatoms. The van der Waals surface area contributed by atoms with Gasteiger partial charge in [-0.1, -0.05) is 38.3 Å². The lowest BCUT2D eigenvalue weighted by Crippen LogP contribution is -2.17. The van der Waals surface area contributed by atoms with Crippen LogP contribution in [0.3, 0.4) is 0 Å². The van der Waals surface area contributed by atoms with E-state index in [4.69, 9.17) is 9.47 Å². The number of hydrogen-bond donors (Lipinski definition) is 0. The minimum Gasteiger partial charge on any atom is -0.371 e. The van der Waals surface area contributed by atoms with Gasteiger partial charge in [0.15, 0.2) is 0 Å². The van der Waals surface area contributed by atoms with Crippen molar-refractivity contribution in [1.82, 2.24) is 0 Å². The number of epoxide rings is 1. The Bertz CT molecular complexity index is 377. The number of ether oxygens (including phenoxy) is 2. The highest BCUT2D eigenvalue weighted by Gasteiger charge is 2.42. The van der Waals surface area contributed by atoms with Gasteiger partial charge in [0.05, 0.1) is 18.8 Å². The van der Waals surface area contributed by atoms with Crippen LogP contribution in [-0.2, 0) is 16.1 Å². The van der Waals surface area contributed by atoms with E-state index in [0.29, 0.717) is 12.7 Å². The van der Waals surface area contributed by atoms with Crippen molar-refractivity contribution in [3.63, 3.8) is 0 Å². The molecular weight excluding hydrogens is 243 g/mol. The molecule has 19 heavy (non-hydrogen) atoms. The zero-order chi connectivity index (χ0) is 13.7. The summed E-state index contributed by atoms with van der Waals surface area (Å²) in [4.78, 5) is 0. The summed E-state index contributed by atoms with van der Waals surface area (Å²) in [6, 6.07) is 6.44. The normalized spacial score (nSPS) is 23.3. The van der Waals surface area contributed by atoms with Crippen molar-refractivity contribution < 1.29 is 13.9 Å². The lowest BCUT2D eigenvalue weighted by Gasteiger charge is -2.10. The molecule has 1 fully saturated rings. The molecule has 0 N–H and O–H groups in total. The van der Waals surface area contributed by atoms with E-state index in [1.165, 1.54) is 31.4 Å². The van der Waals surface area contributed by atoms with Gasteiger partial charge in [0.2, 0.25) is 0 Å². The van der Waals surface area contributed by atoms with Gasteiger partial charge in [0.25, 0.3) is 0 Å². The number of hydrogen-bond acceptors (Lipinski definition) is 2. The summed E-state index contributed by atoms with van der Waals surface area (Å²) in [5, 5.41) is 0. The van der Waals surface area contributed by atoms with Crippen LogP contribution < -0.4 is 0 Å². The molecule has 0 radical (unpaired) electrons. The van der Waals surface area contributed by atoms with E-state index in [9.17, 15) is 4.39 Å². The fourth-order valence-electron chi connectivity index (χ4n) is 2.30. The molecule has 0 bridgehead atoms. The molecule has 1 aromatic carbocycles. The molecule has 0 amide bonds. The van der Waals surface area contributed by atoms with Crippen LogP contribution in [0.5, 0.6) is 0 Å². The van der Waals surface area contributed by atoms with Crippen molar-refractivity contribution in [2.24, 2.45) is 0 Å². The van der Waals surface area contributed by atoms with Crippen molar-refractivity contribution in [3.05, 3.63) is 35.6 Å². The Kier molecular flexibility index (Phi) is 5.34. The van der Waals surface area contributed by atoms with Crippen LogP contribution in [0.2, 0.25) is 0 Å². The van der Waals surface area contributed by atoms with Gasteiger partial charge in [-0.05, 0) is 31.0 Å². The number of unbranched alkanes of at least 4 members (excludes halogenated alkanes) is 2. The fourth-order valence-corrected chi connectivity index (χ4v) is 2.30. The summed E-state index contributed by atoms with van der Waals surface area (Å²) < 4.78 is 24.2. The average molecular weight is 266 g/mol. The predicted octanol–water partition coefficient (Wildman–Crippen LogP) is 4.08. The first-order valence-corrected chi connectivity index (χ1v) is 7.22. The predicted molar refractivity (Wildman–Crippen MR) is 73.5 cm³/mol. The van der Waals surface area contributed by atoms with E-state index in [0.717, 1.165) is 12.0 Å². The van der Waals surface area contributed by atoms with E-state index in [-0.39, 0.29) is 18.0 Å². The van der Waals surface area contributed by atoms with Crippen LogP contribution in [0, 0.1) is 5.82 Å². The van der Waals surface area contributed by atoms with Crippen LogP contribution in [0.15, 0.2) is 24.3 Å². The average Bonchev–Trinajstić information content (AvgIpc) is 3.18. The monoisotopic (exact) mass is 266 g/mol. The maximum atomic E-state index is 12.8. The minimum absolute atomic E-state index is 0.108. The van der Waals surface area contributed by atoms with E-state index in [1.54, 1.807) is 12.1 Å². The van der Waals surface area contributed by atoms with Crippen LogP contribution in [0.1, 0.15) is 45.1 Å². The van der Waals surface area contributed by atoms with Crippen LogP contribution in [-0.4, -0.2) is 18.3 Å². The third kappa shape index (κ3) is 4.59. The van der Waals surface area contributed by atoms with Gasteiger partial charge in [0.1, 0.15) is 11.9 Å². The molecule has 0 unspecified atom stereocenters. The second-order valence-electron chi connectivity index (χ2n) is 5.28. The molecule has 106 valence electrons. The number of rotatable bonds is 8. The van der Waals surface area contributed by atoms with Gasteiger partial charge in [-0.25, -0.2) is 4.39 Å². The molecule has 0 aromatic heterocycles. The number of benzene rings is 1. The lowest BCUT2D eigenvalue weighted by molar-refractivity contribution is 0.0340. The Labute approximate surface area is 114 Å². The van der Waals surface area contributed by atoms with Crippen molar-refractivity contribution in [2.75, 3.05) is 0 Å². The second-order valence-corrected chi connectivity index (χ2v) is 5.28. The molecule has 0 spiro atoms. The molecule has 1 saturated heterocycles. The molecule has 2 nitrogen and oxygen atoms in total. The van der Waals surface area contributed by atoms with Gasteiger partial charge >= 0.3 is 0 Å². The summed E-state index contributed by atoms with van der Waals surface area (Å²) in [5.41, 5.74) is 0.997. The molecule has 1 aromatic rings. The largest absolute Gasteiger partial charge is 0.371 e. The van der Waals surface area contributed by atoms with Gasteiger partial charge in [-0.15, -0.1) is 0 Å². The Morgan fingerprint density at radius 2 is 2.00 bits per heavy atom. The first-order valence-electron chi connectivity index (χ1n) is 7.22. The third-order valence-electron chi connectivity index (χ3n) is 3.60. The smallest absolute Gasteiger partial charge is 0.123 e. The molecule has 2 rings (SSSR count). The molecule has 1 aliphatic rings. The van der Waals surface area contributed by atoms with Crippen LogP contribution in [0.25, 0.3) is 0 Å². The van der Waals surface area contributed by atoms with Gasteiger partial charge in [0, 0.05) is 0 Å². The number of halogens is 1. The van der Waals surface area contributed by atoms with Crippen molar-refractivity contribution in [1.29, 1.82) is 0 Å².